The zero-order chi connectivity index (χ0) is 14.0. The molecule has 0 spiro atoms. The maximum atomic E-state index is 4.45. The molecule has 0 amide bonds. The van der Waals surface area contributed by atoms with Gasteiger partial charge in [-0.3, -0.25) is 4.68 Å². The molecule has 1 aromatic heterocycles. The molecule has 0 aliphatic rings. The fraction of sp³-hybridized carbons (Fsp3) is 0.400. The van der Waals surface area contributed by atoms with Crippen LogP contribution in [-0.4, -0.2) is 9.78 Å². The van der Waals surface area contributed by atoms with Crippen LogP contribution in [0.3, 0.4) is 0 Å². The van der Waals surface area contributed by atoms with Gasteiger partial charge in [-0.05, 0) is 44.0 Å². The fourth-order valence-electron chi connectivity index (χ4n) is 2.28. The Labute approximate surface area is 123 Å². The number of anilines is 1. The van der Waals surface area contributed by atoms with Gasteiger partial charge in [-0.2, -0.15) is 5.10 Å². The third kappa shape index (κ3) is 3.00. The second-order valence-electron chi connectivity index (χ2n) is 4.78. The van der Waals surface area contributed by atoms with Crippen molar-refractivity contribution in [1.29, 1.82) is 0 Å². The number of nitrogens with one attached hydrogen (secondary N) is 1. The standard InChI is InChI=1S/C15H20BrN3/c1-5-12-8-13(16)6-7-15(12)17-9-14-10(2)18-19(4)11(14)3/h6-8,17H,5,9H2,1-4H3. The molecule has 0 radical (unpaired) electrons. The predicted molar refractivity (Wildman–Crippen MR) is 83.5 cm³/mol. The average molecular weight is 322 g/mol. The third-order valence-corrected chi connectivity index (χ3v) is 4.06. The SMILES string of the molecule is CCc1cc(Br)ccc1NCc1c(C)nn(C)c1C. The van der Waals surface area contributed by atoms with Crippen LogP contribution in [-0.2, 0) is 20.0 Å². The number of nitrogens with zero attached hydrogens (tertiary/aromatic N) is 2. The van der Waals surface area contributed by atoms with Crippen LogP contribution >= 0.6 is 15.9 Å². The Balaban J connectivity index is 2.19. The van der Waals surface area contributed by atoms with Crippen LogP contribution in [0.25, 0.3) is 0 Å². The molecule has 0 saturated carbocycles. The van der Waals surface area contributed by atoms with Gasteiger partial charge in [0.2, 0.25) is 0 Å². The highest BCUT2D eigenvalue weighted by Crippen LogP contribution is 2.23. The molecular weight excluding hydrogens is 302 g/mol. The van der Waals surface area contributed by atoms with Crippen molar-refractivity contribution in [1.82, 2.24) is 9.78 Å². The van der Waals surface area contributed by atoms with Crippen LogP contribution < -0.4 is 5.32 Å². The summed E-state index contributed by atoms with van der Waals surface area (Å²) in [6.07, 6.45) is 1.02. The minimum Gasteiger partial charge on any atom is -0.381 e. The van der Waals surface area contributed by atoms with Crippen LogP contribution in [0.1, 0.15) is 29.4 Å². The molecular formula is C15H20BrN3. The quantitative estimate of drug-likeness (QED) is 0.923. The number of benzene rings is 1. The van der Waals surface area contributed by atoms with E-state index in [9.17, 15) is 0 Å². The van der Waals surface area contributed by atoms with Crippen LogP contribution in [0, 0.1) is 13.8 Å². The van der Waals surface area contributed by atoms with Crippen molar-refractivity contribution in [2.24, 2.45) is 7.05 Å². The second-order valence-corrected chi connectivity index (χ2v) is 5.70. The minimum atomic E-state index is 0.820. The molecule has 19 heavy (non-hydrogen) atoms. The van der Waals surface area contributed by atoms with E-state index in [1.807, 2.05) is 11.7 Å². The molecule has 0 bridgehead atoms. The van der Waals surface area contributed by atoms with Gasteiger partial charge in [0.1, 0.15) is 0 Å². The molecule has 1 N–H and O–H groups in total. The number of halogens is 1. The first kappa shape index (κ1) is 14.1. The van der Waals surface area contributed by atoms with Gasteiger partial charge in [0.15, 0.2) is 0 Å². The highest BCUT2D eigenvalue weighted by molar-refractivity contribution is 9.10. The van der Waals surface area contributed by atoms with Gasteiger partial charge in [0, 0.05) is 35.0 Å². The molecule has 2 rings (SSSR count). The Bertz CT molecular complexity index is 587. The zero-order valence-electron chi connectivity index (χ0n) is 11.9. The molecule has 0 aliphatic heterocycles. The van der Waals surface area contributed by atoms with Crippen LogP contribution in [0.2, 0.25) is 0 Å². The summed E-state index contributed by atoms with van der Waals surface area (Å²) in [5.41, 5.74) is 6.14. The van der Waals surface area contributed by atoms with E-state index in [-0.39, 0.29) is 0 Å². The zero-order valence-corrected chi connectivity index (χ0v) is 13.5. The summed E-state index contributed by atoms with van der Waals surface area (Å²) < 4.78 is 3.07. The topological polar surface area (TPSA) is 29.9 Å². The lowest BCUT2D eigenvalue weighted by Crippen LogP contribution is -2.04. The van der Waals surface area contributed by atoms with Gasteiger partial charge in [0.05, 0.1) is 5.69 Å². The summed E-state index contributed by atoms with van der Waals surface area (Å²) in [5, 5.41) is 7.98. The average Bonchev–Trinajstić information content (AvgIpc) is 2.62. The van der Waals surface area contributed by atoms with E-state index in [2.05, 4.69) is 65.3 Å². The molecule has 1 aromatic carbocycles. The Morgan fingerprint density at radius 2 is 2.05 bits per heavy atom. The highest BCUT2D eigenvalue weighted by Gasteiger charge is 2.09. The molecule has 0 unspecified atom stereocenters. The summed E-state index contributed by atoms with van der Waals surface area (Å²) in [4.78, 5) is 0. The summed E-state index contributed by atoms with van der Waals surface area (Å²) in [6.45, 7) is 7.17. The van der Waals surface area contributed by atoms with E-state index < -0.39 is 0 Å². The Morgan fingerprint density at radius 1 is 1.32 bits per heavy atom. The number of hydrogen-bond acceptors (Lipinski definition) is 2. The summed E-state index contributed by atoms with van der Waals surface area (Å²) >= 11 is 3.52. The van der Waals surface area contributed by atoms with Crippen molar-refractivity contribution in [3.05, 3.63) is 45.2 Å². The van der Waals surface area contributed by atoms with E-state index in [1.54, 1.807) is 0 Å². The molecule has 1 heterocycles. The third-order valence-electron chi connectivity index (χ3n) is 3.56. The van der Waals surface area contributed by atoms with Gasteiger partial charge < -0.3 is 5.32 Å². The van der Waals surface area contributed by atoms with Gasteiger partial charge in [-0.1, -0.05) is 22.9 Å². The molecule has 0 aliphatic carbocycles. The summed E-state index contributed by atoms with van der Waals surface area (Å²) in [7, 11) is 1.99. The lowest BCUT2D eigenvalue weighted by molar-refractivity contribution is 0.730. The van der Waals surface area contributed by atoms with E-state index in [4.69, 9.17) is 0 Å². The van der Waals surface area contributed by atoms with Crippen molar-refractivity contribution in [2.45, 2.75) is 33.7 Å². The Kier molecular flexibility index (Phi) is 4.30. The van der Waals surface area contributed by atoms with Gasteiger partial charge in [0.25, 0.3) is 0 Å². The fourth-order valence-corrected chi connectivity index (χ4v) is 2.69. The first-order valence-corrected chi connectivity index (χ1v) is 7.33. The van der Waals surface area contributed by atoms with Crippen LogP contribution in [0.5, 0.6) is 0 Å². The minimum absolute atomic E-state index is 0.820. The second kappa shape index (κ2) is 5.78. The van der Waals surface area contributed by atoms with Gasteiger partial charge in [-0.25, -0.2) is 0 Å². The first-order valence-electron chi connectivity index (χ1n) is 6.54. The lowest BCUT2D eigenvalue weighted by Gasteiger charge is -2.12. The summed E-state index contributed by atoms with van der Waals surface area (Å²) in [6, 6.07) is 6.37. The van der Waals surface area contributed by atoms with Crippen molar-refractivity contribution in [3.8, 4) is 0 Å². The van der Waals surface area contributed by atoms with Gasteiger partial charge >= 0.3 is 0 Å². The normalized spacial score (nSPS) is 10.8. The van der Waals surface area contributed by atoms with Crippen molar-refractivity contribution < 1.29 is 0 Å². The highest BCUT2D eigenvalue weighted by atomic mass is 79.9. The number of hydrogen-bond donors (Lipinski definition) is 1. The van der Waals surface area contributed by atoms with E-state index in [0.29, 0.717) is 0 Å². The molecule has 0 saturated heterocycles. The largest absolute Gasteiger partial charge is 0.381 e. The van der Waals surface area contributed by atoms with Crippen molar-refractivity contribution in [2.75, 3.05) is 5.32 Å². The molecule has 3 nitrogen and oxygen atoms in total. The monoisotopic (exact) mass is 321 g/mol. The molecule has 0 atom stereocenters. The van der Waals surface area contributed by atoms with Crippen LogP contribution in [0.15, 0.2) is 22.7 Å². The number of aryl methyl sites for hydroxylation is 3. The Morgan fingerprint density at radius 3 is 2.63 bits per heavy atom. The van der Waals surface area contributed by atoms with Crippen molar-refractivity contribution >= 4 is 21.6 Å². The molecule has 102 valence electrons. The molecule has 0 fully saturated rings. The van der Waals surface area contributed by atoms with Crippen molar-refractivity contribution in [3.63, 3.8) is 0 Å². The smallest absolute Gasteiger partial charge is 0.0646 e. The first-order chi connectivity index (χ1) is 9.02. The maximum Gasteiger partial charge on any atom is 0.0646 e. The lowest BCUT2D eigenvalue weighted by atomic mass is 10.1. The van der Waals surface area contributed by atoms with E-state index in [0.717, 1.165) is 23.1 Å². The van der Waals surface area contributed by atoms with E-state index in [1.165, 1.54) is 22.5 Å². The predicted octanol–water partition coefficient (Wildman–Crippen LogP) is 3.97. The van der Waals surface area contributed by atoms with Crippen LogP contribution in [0.4, 0.5) is 5.69 Å². The summed E-state index contributed by atoms with van der Waals surface area (Å²) in [5.74, 6) is 0. The number of rotatable bonds is 4. The Hall–Kier alpha value is -1.29. The maximum absolute atomic E-state index is 4.45. The molecule has 2 aromatic rings. The van der Waals surface area contributed by atoms with E-state index >= 15 is 0 Å². The number of aromatic nitrogens is 2. The van der Waals surface area contributed by atoms with Gasteiger partial charge in [-0.15, -0.1) is 0 Å². The molecule has 4 heteroatoms.